The van der Waals surface area contributed by atoms with E-state index in [4.69, 9.17) is 4.74 Å². The molecule has 3 rings (SSSR count). The predicted molar refractivity (Wildman–Crippen MR) is 132 cm³/mol. The number of aryl methyl sites for hydroxylation is 2. The van der Waals surface area contributed by atoms with E-state index in [1.54, 1.807) is 0 Å². The molecule has 1 aliphatic heterocycles. The number of sulfonamides is 1. The van der Waals surface area contributed by atoms with Gasteiger partial charge in [-0.2, -0.15) is 4.31 Å². The fourth-order valence-corrected chi connectivity index (χ4v) is 6.19. The second-order valence-corrected chi connectivity index (χ2v) is 11.0. The van der Waals surface area contributed by atoms with E-state index in [9.17, 15) is 18.0 Å². The Morgan fingerprint density at radius 3 is 2.06 bits per heavy atom. The Morgan fingerprint density at radius 2 is 1.53 bits per heavy atom. The predicted octanol–water partition coefficient (Wildman–Crippen LogP) is 4.27. The molecule has 184 valence electrons. The lowest BCUT2D eigenvalue weighted by atomic mass is 9.94. The van der Waals surface area contributed by atoms with Crippen molar-refractivity contribution in [3.63, 3.8) is 0 Å². The molecule has 2 aromatic carbocycles. The molecule has 1 heterocycles. The summed E-state index contributed by atoms with van der Waals surface area (Å²) in [6.07, 6.45) is 2.55. The summed E-state index contributed by atoms with van der Waals surface area (Å²) in [5, 5.41) is 2.86. The smallest absolute Gasteiger partial charge is 0.338 e. The maximum atomic E-state index is 13.0. The number of amides is 1. The molecule has 1 saturated heterocycles. The van der Waals surface area contributed by atoms with Crippen LogP contribution in [0.25, 0.3) is 0 Å². The van der Waals surface area contributed by atoms with Crippen LogP contribution in [0.4, 0.5) is 5.69 Å². The van der Waals surface area contributed by atoms with Crippen LogP contribution in [0.1, 0.15) is 55.6 Å². The van der Waals surface area contributed by atoms with Gasteiger partial charge in [0, 0.05) is 18.8 Å². The summed E-state index contributed by atoms with van der Waals surface area (Å²) >= 11 is 0. The van der Waals surface area contributed by atoms with Crippen molar-refractivity contribution in [1.29, 1.82) is 0 Å². The number of para-hydroxylation sites is 1. The normalized spacial score (nSPS) is 18.9. The Morgan fingerprint density at radius 1 is 0.971 bits per heavy atom. The minimum absolute atomic E-state index is 0.145. The monoisotopic (exact) mass is 486 g/mol. The number of ether oxygens (including phenoxy) is 1. The Labute approximate surface area is 202 Å². The summed E-state index contributed by atoms with van der Waals surface area (Å²) in [6.45, 7) is 8.69. The van der Waals surface area contributed by atoms with Crippen molar-refractivity contribution in [2.75, 3.05) is 25.0 Å². The molecule has 0 radical (unpaired) electrons. The zero-order valence-corrected chi connectivity index (χ0v) is 21.2. The van der Waals surface area contributed by atoms with Gasteiger partial charge in [0.1, 0.15) is 0 Å². The van der Waals surface area contributed by atoms with Gasteiger partial charge < -0.3 is 10.1 Å². The summed E-state index contributed by atoms with van der Waals surface area (Å²) in [7, 11) is -3.63. The van der Waals surface area contributed by atoms with E-state index >= 15 is 0 Å². The highest BCUT2D eigenvalue weighted by molar-refractivity contribution is 7.89. The molecule has 0 unspecified atom stereocenters. The number of carbonyl (C=O) groups is 2. The molecule has 0 aromatic heterocycles. The molecule has 0 bridgehead atoms. The molecule has 0 saturated carbocycles. The number of hydrogen-bond acceptors (Lipinski definition) is 5. The first-order chi connectivity index (χ1) is 16.1. The number of nitrogens with one attached hydrogen (secondary N) is 1. The number of benzene rings is 2. The third-order valence-corrected chi connectivity index (χ3v) is 8.01. The van der Waals surface area contributed by atoms with Crippen molar-refractivity contribution >= 4 is 27.6 Å². The van der Waals surface area contributed by atoms with Gasteiger partial charge in [0.05, 0.1) is 10.5 Å². The average molecular weight is 487 g/mol. The lowest BCUT2D eigenvalue weighted by Gasteiger charge is -2.34. The zero-order chi connectivity index (χ0) is 24.9. The van der Waals surface area contributed by atoms with Crippen LogP contribution in [0.5, 0.6) is 0 Å². The van der Waals surface area contributed by atoms with E-state index in [1.165, 1.54) is 28.6 Å². The third kappa shape index (κ3) is 6.04. The molecule has 0 spiro atoms. The highest BCUT2D eigenvalue weighted by Gasteiger charge is 2.31. The van der Waals surface area contributed by atoms with E-state index in [2.05, 4.69) is 19.2 Å². The molecule has 0 aliphatic carbocycles. The lowest BCUT2D eigenvalue weighted by Crippen LogP contribution is -2.42. The molecule has 7 nitrogen and oxygen atoms in total. The zero-order valence-electron chi connectivity index (χ0n) is 20.3. The van der Waals surface area contributed by atoms with Crippen molar-refractivity contribution in [2.24, 2.45) is 11.8 Å². The second kappa shape index (κ2) is 11.1. The topological polar surface area (TPSA) is 92.8 Å². The van der Waals surface area contributed by atoms with E-state index < -0.39 is 28.5 Å². The Bertz CT molecular complexity index is 1100. The van der Waals surface area contributed by atoms with Crippen molar-refractivity contribution in [3.8, 4) is 0 Å². The second-order valence-electron chi connectivity index (χ2n) is 9.08. The molecule has 2 atom stereocenters. The summed E-state index contributed by atoms with van der Waals surface area (Å²) in [5.74, 6) is -0.497. The lowest BCUT2D eigenvalue weighted by molar-refractivity contribution is -0.119. The maximum Gasteiger partial charge on any atom is 0.338 e. The summed E-state index contributed by atoms with van der Waals surface area (Å²) in [5.41, 5.74) is 3.00. The average Bonchev–Trinajstić information content (AvgIpc) is 2.82. The van der Waals surface area contributed by atoms with Crippen molar-refractivity contribution in [3.05, 3.63) is 59.2 Å². The quantitative estimate of drug-likeness (QED) is 0.563. The van der Waals surface area contributed by atoms with Crippen LogP contribution >= 0.6 is 0 Å². The fourth-order valence-electron chi connectivity index (χ4n) is 4.51. The van der Waals surface area contributed by atoms with Gasteiger partial charge in [0.2, 0.25) is 10.0 Å². The number of esters is 1. The number of rotatable bonds is 8. The van der Waals surface area contributed by atoms with Crippen molar-refractivity contribution in [2.45, 2.75) is 51.9 Å². The van der Waals surface area contributed by atoms with Crippen LogP contribution in [0.15, 0.2) is 47.4 Å². The Hall–Kier alpha value is -2.71. The van der Waals surface area contributed by atoms with Crippen molar-refractivity contribution < 1.29 is 22.7 Å². The van der Waals surface area contributed by atoms with Gasteiger partial charge >= 0.3 is 5.97 Å². The van der Waals surface area contributed by atoms with Crippen LogP contribution in [0, 0.1) is 11.8 Å². The van der Waals surface area contributed by atoms with Gasteiger partial charge in [-0.3, -0.25) is 4.79 Å². The van der Waals surface area contributed by atoms with Gasteiger partial charge in [0.15, 0.2) is 6.61 Å². The minimum Gasteiger partial charge on any atom is -0.452 e. The minimum atomic E-state index is -3.63. The number of carbonyl (C=O) groups excluding carboxylic acids is 2. The number of piperidine rings is 1. The van der Waals surface area contributed by atoms with Crippen LogP contribution in [-0.2, 0) is 32.4 Å². The molecule has 2 aromatic rings. The molecule has 1 fully saturated rings. The standard InChI is InChI=1S/C26H34N2O5S/c1-5-20-8-7-9-21(6-2)25(20)27-24(29)17-33-26(30)22-10-12-23(13-11-22)34(31,32)28-15-18(3)14-19(4)16-28/h7-13,18-19H,5-6,14-17H2,1-4H3,(H,27,29)/t18-,19+. The number of anilines is 1. The van der Waals surface area contributed by atoms with Gasteiger partial charge in [0.25, 0.3) is 5.91 Å². The molecular formula is C26H34N2O5S. The van der Waals surface area contributed by atoms with E-state index in [0.717, 1.165) is 36.1 Å². The van der Waals surface area contributed by atoms with Crippen LogP contribution in [0.3, 0.4) is 0 Å². The SMILES string of the molecule is CCc1cccc(CC)c1NC(=O)COC(=O)c1ccc(S(=O)(=O)N2C[C@H](C)C[C@H](C)C2)cc1. The Balaban J connectivity index is 1.62. The first kappa shape index (κ1) is 25.9. The summed E-state index contributed by atoms with van der Waals surface area (Å²) in [4.78, 5) is 25.0. The fraction of sp³-hybridized carbons (Fsp3) is 0.462. The van der Waals surface area contributed by atoms with Crippen LogP contribution in [0.2, 0.25) is 0 Å². The number of hydrogen-bond donors (Lipinski definition) is 1. The van der Waals surface area contributed by atoms with Crippen LogP contribution < -0.4 is 5.32 Å². The summed E-state index contributed by atoms with van der Waals surface area (Å²) in [6, 6.07) is 11.6. The first-order valence-corrected chi connectivity index (χ1v) is 13.3. The van der Waals surface area contributed by atoms with Crippen molar-refractivity contribution in [1.82, 2.24) is 4.31 Å². The third-order valence-electron chi connectivity index (χ3n) is 6.16. The summed E-state index contributed by atoms with van der Waals surface area (Å²) < 4.78 is 32.7. The molecule has 1 aliphatic rings. The van der Waals surface area contributed by atoms with E-state index in [-0.39, 0.29) is 10.5 Å². The molecular weight excluding hydrogens is 452 g/mol. The Kier molecular flexibility index (Phi) is 8.49. The van der Waals surface area contributed by atoms with Gasteiger partial charge in [-0.1, -0.05) is 45.9 Å². The molecule has 8 heteroatoms. The molecule has 1 amide bonds. The largest absolute Gasteiger partial charge is 0.452 e. The highest BCUT2D eigenvalue weighted by Crippen LogP contribution is 2.27. The van der Waals surface area contributed by atoms with Crippen LogP contribution in [-0.4, -0.2) is 44.3 Å². The molecule has 34 heavy (non-hydrogen) atoms. The number of nitrogens with zero attached hydrogens (tertiary/aromatic N) is 1. The van der Waals surface area contributed by atoms with Gasteiger partial charge in [-0.25, -0.2) is 13.2 Å². The molecule has 1 N–H and O–H groups in total. The van der Waals surface area contributed by atoms with E-state index in [1.807, 2.05) is 32.0 Å². The van der Waals surface area contributed by atoms with E-state index in [0.29, 0.717) is 24.9 Å². The van der Waals surface area contributed by atoms with Gasteiger partial charge in [-0.05, 0) is 66.5 Å². The highest BCUT2D eigenvalue weighted by atomic mass is 32.2. The maximum absolute atomic E-state index is 13.0. The first-order valence-electron chi connectivity index (χ1n) is 11.8. The van der Waals surface area contributed by atoms with Gasteiger partial charge in [-0.15, -0.1) is 0 Å².